The maximum atomic E-state index is 11.9. The van der Waals surface area contributed by atoms with E-state index >= 15 is 0 Å². The number of carbonyl (C=O) groups is 2. The zero-order valence-electron chi connectivity index (χ0n) is 16.1. The largest absolute Gasteiger partial charge is 0.469 e. The molecule has 2 rings (SSSR count). The summed E-state index contributed by atoms with van der Waals surface area (Å²) in [5.41, 5.74) is 0.888. The van der Waals surface area contributed by atoms with Crippen LogP contribution < -0.4 is 10.1 Å². The second-order valence-electron chi connectivity index (χ2n) is 6.94. The van der Waals surface area contributed by atoms with Gasteiger partial charge in [-0.25, -0.2) is 4.79 Å². The van der Waals surface area contributed by atoms with Gasteiger partial charge in [-0.1, -0.05) is 24.3 Å². The Morgan fingerprint density at radius 2 is 1.78 bits per heavy atom. The summed E-state index contributed by atoms with van der Waals surface area (Å²) >= 11 is 0. The number of carbonyl (C=O) groups excluding carboxylic acids is 2. The number of aryl methyl sites for hydroxylation is 1. The lowest BCUT2D eigenvalue weighted by Crippen LogP contribution is -2.27. The van der Waals surface area contributed by atoms with E-state index in [-0.39, 0.29) is 12.4 Å². The number of rotatable bonds is 6. The van der Waals surface area contributed by atoms with Gasteiger partial charge in [0.25, 0.3) is 0 Å². The maximum absolute atomic E-state index is 11.9. The van der Waals surface area contributed by atoms with Gasteiger partial charge in [0.05, 0.1) is 7.11 Å². The highest BCUT2D eigenvalue weighted by molar-refractivity contribution is 5.85. The van der Waals surface area contributed by atoms with Gasteiger partial charge >= 0.3 is 12.1 Å². The number of anilines is 1. The standard InChI is InChI=1S/C21H25NO5/c1-21(2,3)27-20(24)22-16-9-7-10-17(14-16)26-18-11-6-5-8-15(18)12-13-19(23)25-4/h5-11,14H,12-13H2,1-4H3,(H,22,24). The Hall–Kier alpha value is -3.02. The maximum Gasteiger partial charge on any atom is 0.412 e. The van der Waals surface area contributed by atoms with E-state index in [1.165, 1.54) is 7.11 Å². The third-order valence-electron chi connectivity index (χ3n) is 3.51. The van der Waals surface area contributed by atoms with Crippen LogP contribution >= 0.6 is 0 Å². The molecule has 0 aromatic heterocycles. The highest BCUT2D eigenvalue weighted by Gasteiger charge is 2.16. The van der Waals surface area contributed by atoms with Gasteiger partial charge < -0.3 is 14.2 Å². The Morgan fingerprint density at radius 3 is 2.48 bits per heavy atom. The molecule has 6 nitrogen and oxygen atoms in total. The van der Waals surface area contributed by atoms with Gasteiger partial charge in [-0.15, -0.1) is 0 Å². The van der Waals surface area contributed by atoms with Crippen LogP contribution in [0, 0.1) is 0 Å². The second-order valence-corrected chi connectivity index (χ2v) is 6.94. The molecule has 0 fully saturated rings. The minimum absolute atomic E-state index is 0.270. The van der Waals surface area contributed by atoms with E-state index in [0.717, 1.165) is 5.56 Å². The van der Waals surface area contributed by atoms with E-state index < -0.39 is 11.7 Å². The van der Waals surface area contributed by atoms with Crippen LogP contribution in [0.2, 0.25) is 0 Å². The molecule has 0 aliphatic carbocycles. The van der Waals surface area contributed by atoms with E-state index in [1.807, 2.05) is 24.3 Å². The molecule has 0 spiro atoms. The smallest absolute Gasteiger partial charge is 0.412 e. The molecule has 0 aliphatic heterocycles. The Morgan fingerprint density at radius 1 is 1.04 bits per heavy atom. The molecule has 1 amide bonds. The van der Waals surface area contributed by atoms with Gasteiger partial charge in [0, 0.05) is 18.2 Å². The Labute approximate surface area is 159 Å². The van der Waals surface area contributed by atoms with Crippen LogP contribution in [-0.2, 0) is 20.7 Å². The molecule has 0 saturated heterocycles. The minimum Gasteiger partial charge on any atom is -0.469 e. The van der Waals surface area contributed by atoms with Crippen LogP contribution in [0.5, 0.6) is 11.5 Å². The van der Waals surface area contributed by atoms with Crippen molar-refractivity contribution in [3.05, 3.63) is 54.1 Å². The fraction of sp³-hybridized carbons (Fsp3) is 0.333. The molecule has 0 atom stereocenters. The first kappa shape index (κ1) is 20.3. The average Bonchev–Trinajstić information content (AvgIpc) is 2.59. The molecule has 6 heteroatoms. The normalized spacial score (nSPS) is 10.8. The Balaban J connectivity index is 2.08. The van der Waals surface area contributed by atoms with Gasteiger partial charge in [0.15, 0.2) is 0 Å². The zero-order valence-corrected chi connectivity index (χ0v) is 16.1. The van der Waals surface area contributed by atoms with E-state index in [0.29, 0.717) is 23.6 Å². The monoisotopic (exact) mass is 371 g/mol. The summed E-state index contributed by atoms with van der Waals surface area (Å²) in [5, 5.41) is 2.68. The molecule has 0 saturated carbocycles. The van der Waals surface area contributed by atoms with Crippen LogP contribution in [0.1, 0.15) is 32.8 Å². The summed E-state index contributed by atoms with van der Waals surface area (Å²) in [4.78, 5) is 23.3. The van der Waals surface area contributed by atoms with Gasteiger partial charge in [-0.05, 0) is 51.0 Å². The highest BCUT2D eigenvalue weighted by atomic mass is 16.6. The molecule has 2 aromatic carbocycles. The van der Waals surface area contributed by atoms with Crippen molar-refractivity contribution in [2.75, 3.05) is 12.4 Å². The van der Waals surface area contributed by atoms with Crippen LogP contribution in [0.4, 0.5) is 10.5 Å². The molecule has 0 aliphatic rings. The highest BCUT2D eigenvalue weighted by Crippen LogP contribution is 2.28. The number of hydrogen-bond donors (Lipinski definition) is 1. The van der Waals surface area contributed by atoms with Crippen LogP contribution in [0.25, 0.3) is 0 Å². The predicted octanol–water partition coefficient (Wildman–Crippen LogP) is 4.93. The van der Waals surface area contributed by atoms with Crippen molar-refractivity contribution in [2.24, 2.45) is 0 Å². The molecular formula is C21H25NO5. The summed E-state index contributed by atoms with van der Waals surface area (Å²) < 4.78 is 15.9. The van der Waals surface area contributed by atoms with E-state index in [2.05, 4.69) is 10.1 Å². The van der Waals surface area contributed by atoms with Crippen LogP contribution in [-0.4, -0.2) is 24.8 Å². The van der Waals surface area contributed by atoms with Crippen molar-refractivity contribution >= 4 is 17.7 Å². The first-order chi connectivity index (χ1) is 12.8. The number of hydrogen-bond acceptors (Lipinski definition) is 5. The first-order valence-corrected chi connectivity index (χ1v) is 8.69. The lowest BCUT2D eigenvalue weighted by atomic mass is 10.1. The van der Waals surface area contributed by atoms with Gasteiger partial charge in [-0.2, -0.15) is 0 Å². The van der Waals surface area contributed by atoms with E-state index in [4.69, 9.17) is 9.47 Å². The third-order valence-corrected chi connectivity index (χ3v) is 3.51. The quantitative estimate of drug-likeness (QED) is 0.729. The zero-order chi connectivity index (χ0) is 19.9. The lowest BCUT2D eigenvalue weighted by molar-refractivity contribution is -0.140. The fourth-order valence-corrected chi connectivity index (χ4v) is 2.33. The number of esters is 1. The van der Waals surface area contributed by atoms with Crippen molar-refractivity contribution in [1.29, 1.82) is 0 Å². The molecule has 27 heavy (non-hydrogen) atoms. The topological polar surface area (TPSA) is 73.9 Å². The van der Waals surface area contributed by atoms with Crippen LogP contribution in [0.3, 0.4) is 0 Å². The van der Waals surface area contributed by atoms with Crippen molar-refractivity contribution < 1.29 is 23.8 Å². The number of nitrogens with one attached hydrogen (secondary N) is 1. The summed E-state index contributed by atoms with van der Waals surface area (Å²) in [6.07, 6.45) is 0.258. The molecular weight excluding hydrogens is 346 g/mol. The fourth-order valence-electron chi connectivity index (χ4n) is 2.33. The molecule has 0 bridgehead atoms. The van der Waals surface area contributed by atoms with Crippen molar-refractivity contribution in [3.63, 3.8) is 0 Å². The number of methoxy groups -OCH3 is 1. The second kappa shape index (κ2) is 9.07. The number of para-hydroxylation sites is 1. The summed E-state index contributed by atoms with van der Waals surface area (Å²) in [6.45, 7) is 5.41. The molecule has 2 aromatic rings. The first-order valence-electron chi connectivity index (χ1n) is 8.69. The summed E-state index contributed by atoms with van der Waals surface area (Å²) in [6, 6.07) is 14.5. The number of ether oxygens (including phenoxy) is 3. The summed E-state index contributed by atoms with van der Waals surface area (Å²) in [7, 11) is 1.37. The average molecular weight is 371 g/mol. The SMILES string of the molecule is COC(=O)CCc1ccccc1Oc1cccc(NC(=O)OC(C)(C)C)c1. The van der Waals surface area contributed by atoms with Gasteiger partial charge in [-0.3, -0.25) is 10.1 Å². The van der Waals surface area contributed by atoms with Gasteiger partial charge in [0.2, 0.25) is 0 Å². The van der Waals surface area contributed by atoms with E-state index in [9.17, 15) is 9.59 Å². The number of benzene rings is 2. The number of amides is 1. The molecule has 1 N–H and O–H groups in total. The van der Waals surface area contributed by atoms with Gasteiger partial charge in [0.1, 0.15) is 17.1 Å². The van der Waals surface area contributed by atoms with E-state index in [1.54, 1.807) is 45.0 Å². The minimum atomic E-state index is -0.573. The molecule has 0 unspecified atom stereocenters. The summed E-state index contributed by atoms with van der Waals surface area (Å²) in [5.74, 6) is 0.943. The van der Waals surface area contributed by atoms with Crippen molar-refractivity contribution in [3.8, 4) is 11.5 Å². The van der Waals surface area contributed by atoms with Crippen molar-refractivity contribution in [2.45, 2.75) is 39.2 Å². The Kier molecular flexibility index (Phi) is 6.82. The molecule has 0 radical (unpaired) electrons. The molecule has 144 valence electrons. The predicted molar refractivity (Wildman–Crippen MR) is 103 cm³/mol. The van der Waals surface area contributed by atoms with Crippen LogP contribution in [0.15, 0.2) is 48.5 Å². The molecule has 0 heterocycles. The van der Waals surface area contributed by atoms with Crippen molar-refractivity contribution in [1.82, 2.24) is 0 Å². The third kappa shape index (κ3) is 7.01. The lowest BCUT2D eigenvalue weighted by Gasteiger charge is -2.19. The Bertz CT molecular complexity index is 795.